The first-order chi connectivity index (χ1) is 9.27. The van der Waals surface area contributed by atoms with Gasteiger partial charge in [-0.2, -0.15) is 0 Å². The number of likely N-dealkylation sites (tertiary alicyclic amines) is 1. The Morgan fingerprint density at radius 3 is 2.26 bits per heavy atom. The molecule has 2 aliphatic rings. The van der Waals surface area contributed by atoms with Gasteiger partial charge in [0, 0.05) is 18.1 Å². The van der Waals surface area contributed by atoms with Crippen LogP contribution >= 0.6 is 0 Å². The summed E-state index contributed by atoms with van der Waals surface area (Å²) in [6.45, 7) is 6.81. The van der Waals surface area contributed by atoms with E-state index in [0.717, 1.165) is 18.5 Å². The summed E-state index contributed by atoms with van der Waals surface area (Å²) >= 11 is 0. The summed E-state index contributed by atoms with van der Waals surface area (Å²) in [5.74, 6) is 0.974. The fraction of sp³-hybridized carbons (Fsp3) is 1.00. The first kappa shape index (κ1) is 15.3. The molecule has 0 aromatic carbocycles. The minimum absolute atomic E-state index is 0.310. The third-order valence-electron chi connectivity index (χ3n) is 5.66. The van der Waals surface area contributed by atoms with Crippen molar-refractivity contribution in [2.45, 2.75) is 89.6 Å². The first-order valence-corrected chi connectivity index (χ1v) is 8.74. The van der Waals surface area contributed by atoms with Gasteiger partial charge in [0.15, 0.2) is 0 Å². The smallest absolute Gasteiger partial charge is 0.0334 e. The molecule has 0 unspecified atom stereocenters. The van der Waals surface area contributed by atoms with Gasteiger partial charge in [-0.3, -0.25) is 4.90 Å². The van der Waals surface area contributed by atoms with Gasteiger partial charge >= 0.3 is 0 Å². The second-order valence-corrected chi connectivity index (χ2v) is 6.88. The predicted molar refractivity (Wildman–Crippen MR) is 83.3 cm³/mol. The number of hydrogen-bond acceptors (Lipinski definition) is 2. The molecule has 2 rings (SSSR count). The Morgan fingerprint density at radius 1 is 1.00 bits per heavy atom. The quantitative estimate of drug-likeness (QED) is 0.789. The van der Waals surface area contributed by atoms with Crippen molar-refractivity contribution in [2.24, 2.45) is 11.7 Å². The molecule has 1 aliphatic carbocycles. The van der Waals surface area contributed by atoms with Crippen LogP contribution in [-0.4, -0.2) is 29.6 Å². The molecule has 19 heavy (non-hydrogen) atoms. The second kappa shape index (κ2) is 7.08. The molecule has 2 atom stereocenters. The normalized spacial score (nSPS) is 29.2. The molecule has 1 saturated carbocycles. The van der Waals surface area contributed by atoms with Crippen molar-refractivity contribution in [2.75, 3.05) is 13.1 Å². The van der Waals surface area contributed by atoms with Gasteiger partial charge in [0.2, 0.25) is 0 Å². The van der Waals surface area contributed by atoms with E-state index in [1.54, 1.807) is 0 Å². The fourth-order valence-electron chi connectivity index (χ4n) is 4.88. The Hall–Kier alpha value is -0.0800. The maximum Gasteiger partial charge on any atom is 0.0334 e. The van der Waals surface area contributed by atoms with E-state index < -0.39 is 0 Å². The van der Waals surface area contributed by atoms with Gasteiger partial charge in [0.05, 0.1) is 0 Å². The Kier molecular flexibility index (Phi) is 5.70. The van der Waals surface area contributed by atoms with Gasteiger partial charge in [0.25, 0.3) is 0 Å². The van der Waals surface area contributed by atoms with E-state index in [2.05, 4.69) is 18.7 Å². The van der Waals surface area contributed by atoms with Crippen LogP contribution in [0.2, 0.25) is 0 Å². The van der Waals surface area contributed by atoms with Crippen LogP contribution in [0, 0.1) is 5.92 Å². The highest BCUT2D eigenvalue weighted by molar-refractivity contribution is 4.99. The molecule has 0 amide bonds. The largest absolute Gasteiger partial charge is 0.329 e. The Labute approximate surface area is 120 Å². The lowest BCUT2D eigenvalue weighted by Crippen LogP contribution is -2.61. The number of nitrogens with zero attached hydrogens (tertiary/aromatic N) is 1. The molecule has 2 nitrogen and oxygen atoms in total. The third-order valence-corrected chi connectivity index (χ3v) is 5.66. The van der Waals surface area contributed by atoms with Crippen LogP contribution in [0.15, 0.2) is 0 Å². The van der Waals surface area contributed by atoms with E-state index in [0.29, 0.717) is 5.54 Å². The molecule has 2 N–H and O–H groups in total. The molecular weight excluding hydrogens is 232 g/mol. The van der Waals surface area contributed by atoms with Gasteiger partial charge in [-0.15, -0.1) is 0 Å². The highest BCUT2D eigenvalue weighted by atomic mass is 15.2. The van der Waals surface area contributed by atoms with Crippen LogP contribution < -0.4 is 5.73 Å². The standard InChI is InChI=1S/C17H34N2/c1-3-11-17(14-18,12-4-2)19-13-7-9-15-8-5-6-10-16(15)19/h15-16H,3-14,18H2,1-2H3/t15-,16-/m1/s1. The van der Waals surface area contributed by atoms with E-state index in [-0.39, 0.29) is 0 Å². The predicted octanol–water partition coefficient (Wildman–Crippen LogP) is 3.94. The Morgan fingerprint density at radius 2 is 1.63 bits per heavy atom. The molecule has 1 saturated heterocycles. The molecule has 0 spiro atoms. The average Bonchev–Trinajstić information content (AvgIpc) is 2.46. The van der Waals surface area contributed by atoms with Gasteiger partial charge < -0.3 is 5.73 Å². The Bertz CT molecular complexity index is 256. The molecule has 0 aromatic rings. The van der Waals surface area contributed by atoms with Gasteiger partial charge in [-0.05, 0) is 51.0 Å². The molecular formula is C17H34N2. The van der Waals surface area contributed by atoms with Crippen molar-refractivity contribution in [3.8, 4) is 0 Å². The molecule has 0 radical (unpaired) electrons. The minimum Gasteiger partial charge on any atom is -0.329 e. The molecule has 112 valence electrons. The maximum atomic E-state index is 6.29. The summed E-state index contributed by atoms with van der Waals surface area (Å²) in [5, 5.41) is 0. The van der Waals surface area contributed by atoms with Gasteiger partial charge in [-0.25, -0.2) is 0 Å². The van der Waals surface area contributed by atoms with E-state index in [1.165, 1.54) is 70.8 Å². The zero-order valence-corrected chi connectivity index (χ0v) is 13.2. The van der Waals surface area contributed by atoms with Gasteiger partial charge in [-0.1, -0.05) is 39.5 Å². The third kappa shape index (κ3) is 3.16. The number of nitrogens with two attached hydrogens (primary N) is 1. The van der Waals surface area contributed by atoms with Crippen molar-refractivity contribution in [1.82, 2.24) is 4.90 Å². The van der Waals surface area contributed by atoms with Crippen LogP contribution in [0.25, 0.3) is 0 Å². The molecule has 0 bridgehead atoms. The molecule has 1 heterocycles. The summed E-state index contributed by atoms with van der Waals surface area (Å²) in [4.78, 5) is 2.88. The van der Waals surface area contributed by atoms with Crippen molar-refractivity contribution < 1.29 is 0 Å². The van der Waals surface area contributed by atoms with Crippen molar-refractivity contribution >= 4 is 0 Å². The molecule has 2 heteroatoms. The molecule has 1 aliphatic heterocycles. The number of fused-ring (bicyclic) bond motifs is 1. The van der Waals surface area contributed by atoms with E-state index in [4.69, 9.17) is 5.73 Å². The zero-order chi connectivity index (χ0) is 13.7. The summed E-state index contributed by atoms with van der Waals surface area (Å²) < 4.78 is 0. The van der Waals surface area contributed by atoms with E-state index >= 15 is 0 Å². The lowest BCUT2D eigenvalue weighted by atomic mass is 9.74. The van der Waals surface area contributed by atoms with Crippen LogP contribution in [0.1, 0.15) is 78.1 Å². The van der Waals surface area contributed by atoms with E-state index in [1.807, 2.05) is 0 Å². The summed E-state index contributed by atoms with van der Waals surface area (Å²) in [7, 11) is 0. The van der Waals surface area contributed by atoms with Gasteiger partial charge in [0.1, 0.15) is 0 Å². The average molecular weight is 266 g/mol. The van der Waals surface area contributed by atoms with Crippen LogP contribution in [0.3, 0.4) is 0 Å². The molecule has 2 fully saturated rings. The monoisotopic (exact) mass is 266 g/mol. The highest BCUT2D eigenvalue weighted by Gasteiger charge is 2.43. The lowest BCUT2D eigenvalue weighted by molar-refractivity contribution is -0.0347. The topological polar surface area (TPSA) is 29.3 Å². The first-order valence-electron chi connectivity index (χ1n) is 8.74. The van der Waals surface area contributed by atoms with Crippen LogP contribution in [0.5, 0.6) is 0 Å². The Balaban J connectivity index is 2.17. The maximum absolute atomic E-state index is 6.29. The van der Waals surface area contributed by atoms with Crippen LogP contribution in [-0.2, 0) is 0 Å². The summed E-state index contributed by atoms with van der Waals surface area (Å²) in [5.41, 5.74) is 6.60. The molecule has 0 aromatic heterocycles. The second-order valence-electron chi connectivity index (χ2n) is 6.88. The highest BCUT2D eigenvalue weighted by Crippen LogP contribution is 2.41. The number of hydrogen-bond donors (Lipinski definition) is 1. The summed E-state index contributed by atoms with van der Waals surface area (Å²) in [6, 6.07) is 0.851. The van der Waals surface area contributed by atoms with E-state index in [9.17, 15) is 0 Å². The van der Waals surface area contributed by atoms with Crippen molar-refractivity contribution in [3.05, 3.63) is 0 Å². The SMILES string of the molecule is CCCC(CN)(CCC)N1CCC[C@H]2CCCC[C@H]21. The minimum atomic E-state index is 0.310. The lowest BCUT2D eigenvalue weighted by Gasteiger charge is -2.54. The zero-order valence-electron chi connectivity index (χ0n) is 13.2. The van der Waals surface area contributed by atoms with Crippen molar-refractivity contribution in [3.63, 3.8) is 0 Å². The number of piperidine rings is 1. The fourth-order valence-corrected chi connectivity index (χ4v) is 4.88. The number of rotatable bonds is 6. The van der Waals surface area contributed by atoms with Crippen molar-refractivity contribution in [1.29, 1.82) is 0 Å². The van der Waals surface area contributed by atoms with Crippen LogP contribution in [0.4, 0.5) is 0 Å². The summed E-state index contributed by atoms with van der Waals surface area (Å²) in [6.07, 6.45) is 13.8.